The van der Waals surface area contributed by atoms with Crippen molar-refractivity contribution in [3.8, 4) is 0 Å². The third-order valence-electron chi connectivity index (χ3n) is 1.88. The maximum atomic E-state index is 5.60. The van der Waals surface area contributed by atoms with Crippen LogP contribution in [-0.4, -0.2) is 19.3 Å². The summed E-state index contributed by atoms with van der Waals surface area (Å²) in [5.74, 6) is 0.548. The van der Waals surface area contributed by atoms with E-state index in [2.05, 4.69) is 10.1 Å². The first-order chi connectivity index (χ1) is 6.36. The number of nitrogen functional groups attached to an aromatic ring is 1. The lowest BCUT2D eigenvalue weighted by Crippen LogP contribution is -2.09. The zero-order chi connectivity index (χ0) is 9.10. The molecule has 13 heavy (non-hydrogen) atoms. The fourth-order valence-electron chi connectivity index (χ4n) is 1.17. The summed E-state index contributed by atoms with van der Waals surface area (Å²) in [5, 5.41) is 4.09. The summed E-state index contributed by atoms with van der Waals surface area (Å²) < 4.78 is 3.75. The number of hydrogen-bond acceptors (Lipinski definition) is 3. The molecule has 2 heterocycles. The predicted molar refractivity (Wildman–Crippen MR) is 48.9 cm³/mol. The first-order valence-corrected chi connectivity index (χ1v) is 4.10. The quantitative estimate of drug-likeness (QED) is 0.736. The van der Waals surface area contributed by atoms with Crippen molar-refractivity contribution in [3.63, 3.8) is 0 Å². The van der Waals surface area contributed by atoms with Gasteiger partial charge in [-0.25, -0.2) is 4.98 Å². The van der Waals surface area contributed by atoms with E-state index in [-0.39, 0.29) is 0 Å². The van der Waals surface area contributed by atoms with Gasteiger partial charge in [0.1, 0.15) is 0 Å². The van der Waals surface area contributed by atoms with Gasteiger partial charge in [-0.1, -0.05) is 0 Å². The second-order valence-corrected chi connectivity index (χ2v) is 2.75. The number of aryl methyl sites for hydroxylation is 2. The van der Waals surface area contributed by atoms with Crippen molar-refractivity contribution >= 4 is 5.95 Å². The summed E-state index contributed by atoms with van der Waals surface area (Å²) in [6, 6.07) is 1.90. The van der Waals surface area contributed by atoms with E-state index in [0.29, 0.717) is 5.95 Å². The van der Waals surface area contributed by atoms with Gasteiger partial charge < -0.3 is 10.3 Å². The van der Waals surface area contributed by atoms with E-state index in [9.17, 15) is 0 Å². The van der Waals surface area contributed by atoms with Crippen molar-refractivity contribution in [3.05, 3.63) is 30.9 Å². The van der Waals surface area contributed by atoms with Crippen molar-refractivity contribution in [2.75, 3.05) is 5.73 Å². The standard InChI is InChI=1S/C8H11N5/c9-8-10-3-5-12(8)6-7-13-4-1-2-11-13/h1-5H,6-7H2,(H2,9,10). The van der Waals surface area contributed by atoms with Gasteiger partial charge in [0.2, 0.25) is 0 Å². The van der Waals surface area contributed by atoms with E-state index < -0.39 is 0 Å². The van der Waals surface area contributed by atoms with Crippen LogP contribution in [-0.2, 0) is 13.1 Å². The fraction of sp³-hybridized carbons (Fsp3) is 0.250. The Kier molecular flexibility index (Phi) is 1.99. The lowest BCUT2D eigenvalue weighted by Gasteiger charge is -2.03. The van der Waals surface area contributed by atoms with Crippen LogP contribution in [0.3, 0.4) is 0 Å². The molecule has 0 bridgehead atoms. The van der Waals surface area contributed by atoms with Crippen LogP contribution in [0, 0.1) is 0 Å². The number of aromatic nitrogens is 4. The number of anilines is 1. The summed E-state index contributed by atoms with van der Waals surface area (Å²) in [4.78, 5) is 3.93. The van der Waals surface area contributed by atoms with E-state index in [0.717, 1.165) is 13.1 Å². The van der Waals surface area contributed by atoms with Gasteiger partial charge in [-0.3, -0.25) is 4.68 Å². The van der Waals surface area contributed by atoms with E-state index in [4.69, 9.17) is 5.73 Å². The maximum Gasteiger partial charge on any atom is 0.200 e. The Morgan fingerprint density at radius 2 is 2.15 bits per heavy atom. The highest BCUT2D eigenvalue weighted by Crippen LogP contribution is 1.98. The second-order valence-electron chi connectivity index (χ2n) is 2.75. The van der Waals surface area contributed by atoms with Gasteiger partial charge in [-0.2, -0.15) is 5.10 Å². The normalized spacial score (nSPS) is 10.5. The number of nitrogens with two attached hydrogens (primary N) is 1. The van der Waals surface area contributed by atoms with Crippen LogP contribution in [0.15, 0.2) is 30.9 Å². The SMILES string of the molecule is Nc1nccn1CCn1cccn1. The molecule has 68 valence electrons. The fourth-order valence-corrected chi connectivity index (χ4v) is 1.17. The van der Waals surface area contributed by atoms with Crippen molar-refractivity contribution < 1.29 is 0 Å². The first kappa shape index (κ1) is 7.85. The van der Waals surface area contributed by atoms with E-state index in [1.165, 1.54) is 0 Å². The van der Waals surface area contributed by atoms with Crippen LogP contribution >= 0.6 is 0 Å². The van der Waals surface area contributed by atoms with Crippen molar-refractivity contribution in [2.24, 2.45) is 0 Å². The highest BCUT2D eigenvalue weighted by Gasteiger charge is 1.96. The molecule has 2 rings (SSSR count). The lowest BCUT2D eigenvalue weighted by molar-refractivity contribution is 0.537. The molecule has 0 atom stereocenters. The average molecular weight is 177 g/mol. The Balaban J connectivity index is 1.97. The third kappa shape index (κ3) is 1.69. The van der Waals surface area contributed by atoms with E-state index in [1.54, 1.807) is 12.4 Å². The zero-order valence-corrected chi connectivity index (χ0v) is 7.17. The zero-order valence-electron chi connectivity index (χ0n) is 7.17. The van der Waals surface area contributed by atoms with Gasteiger partial charge in [0.15, 0.2) is 5.95 Å². The average Bonchev–Trinajstić information content (AvgIpc) is 2.72. The Morgan fingerprint density at radius 3 is 2.77 bits per heavy atom. The minimum atomic E-state index is 0.548. The summed E-state index contributed by atoms with van der Waals surface area (Å²) in [6.07, 6.45) is 7.24. The highest BCUT2D eigenvalue weighted by molar-refractivity contribution is 5.16. The predicted octanol–water partition coefficient (Wildman–Crippen LogP) is 0.362. The molecular formula is C8H11N5. The summed E-state index contributed by atoms with van der Waals surface area (Å²) in [7, 11) is 0. The lowest BCUT2D eigenvalue weighted by atomic mass is 10.6. The van der Waals surface area contributed by atoms with Gasteiger partial charge in [-0.05, 0) is 6.07 Å². The molecule has 2 N–H and O–H groups in total. The van der Waals surface area contributed by atoms with Crippen LogP contribution in [0.1, 0.15) is 0 Å². The molecule has 0 spiro atoms. The van der Waals surface area contributed by atoms with Crippen LogP contribution < -0.4 is 5.73 Å². The Morgan fingerprint density at radius 1 is 1.23 bits per heavy atom. The molecule has 0 aromatic carbocycles. The van der Waals surface area contributed by atoms with Crippen molar-refractivity contribution in [1.29, 1.82) is 0 Å². The molecule has 0 saturated carbocycles. The smallest absolute Gasteiger partial charge is 0.200 e. The van der Waals surface area contributed by atoms with Gasteiger partial charge in [0.05, 0.1) is 6.54 Å². The van der Waals surface area contributed by atoms with Crippen LogP contribution in [0.25, 0.3) is 0 Å². The van der Waals surface area contributed by atoms with Crippen LogP contribution in [0.5, 0.6) is 0 Å². The largest absolute Gasteiger partial charge is 0.369 e. The Labute approximate surface area is 75.8 Å². The molecule has 0 fully saturated rings. The summed E-state index contributed by atoms with van der Waals surface area (Å²) in [6.45, 7) is 1.61. The molecule has 0 aliphatic heterocycles. The van der Waals surface area contributed by atoms with Crippen molar-refractivity contribution in [1.82, 2.24) is 19.3 Å². The van der Waals surface area contributed by atoms with Gasteiger partial charge >= 0.3 is 0 Å². The molecule has 5 nitrogen and oxygen atoms in total. The number of imidazole rings is 1. The molecule has 2 aromatic heterocycles. The minimum Gasteiger partial charge on any atom is -0.369 e. The van der Waals surface area contributed by atoms with Gasteiger partial charge in [0.25, 0.3) is 0 Å². The molecular weight excluding hydrogens is 166 g/mol. The maximum absolute atomic E-state index is 5.60. The number of hydrogen-bond donors (Lipinski definition) is 1. The molecule has 0 saturated heterocycles. The van der Waals surface area contributed by atoms with Gasteiger partial charge in [-0.15, -0.1) is 0 Å². The molecule has 2 aromatic rings. The second kappa shape index (κ2) is 3.30. The molecule has 0 unspecified atom stereocenters. The van der Waals surface area contributed by atoms with E-state index in [1.807, 2.05) is 27.7 Å². The molecule has 0 aliphatic rings. The monoisotopic (exact) mass is 177 g/mol. The van der Waals surface area contributed by atoms with E-state index >= 15 is 0 Å². The number of nitrogens with zero attached hydrogens (tertiary/aromatic N) is 4. The molecule has 0 amide bonds. The van der Waals surface area contributed by atoms with Crippen LogP contribution in [0.2, 0.25) is 0 Å². The first-order valence-electron chi connectivity index (χ1n) is 4.10. The molecule has 0 aliphatic carbocycles. The summed E-state index contributed by atoms with van der Waals surface area (Å²) >= 11 is 0. The van der Waals surface area contributed by atoms with Gasteiger partial charge in [0, 0.05) is 31.3 Å². The van der Waals surface area contributed by atoms with Crippen LogP contribution in [0.4, 0.5) is 5.95 Å². The Hall–Kier alpha value is -1.78. The highest BCUT2D eigenvalue weighted by atomic mass is 15.3. The van der Waals surface area contributed by atoms with Crippen molar-refractivity contribution in [2.45, 2.75) is 13.1 Å². The summed E-state index contributed by atoms with van der Waals surface area (Å²) in [5.41, 5.74) is 5.60. The number of rotatable bonds is 3. The topological polar surface area (TPSA) is 61.7 Å². The third-order valence-corrected chi connectivity index (χ3v) is 1.88. The molecule has 0 radical (unpaired) electrons. The Bertz CT molecular complexity index is 362. The minimum absolute atomic E-state index is 0.548. The molecule has 5 heteroatoms.